The van der Waals surface area contributed by atoms with Crippen LogP contribution in [-0.4, -0.2) is 22.5 Å². The van der Waals surface area contributed by atoms with Gasteiger partial charge in [-0.1, -0.05) is 0 Å². The molecule has 1 aromatic heterocycles. The lowest BCUT2D eigenvalue weighted by atomic mass is 10.2. The van der Waals surface area contributed by atoms with Crippen LogP contribution in [0.3, 0.4) is 0 Å². The van der Waals surface area contributed by atoms with E-state index in [-0.39, 0.29) is 0 Å². The Morgan fingerprint density at radius 2 is 2.57 bits per heavy atom. The van der Waals surface area contributed by atoms with E-state index in [4.69, 9.17) is 10.5 Å². The van der Waals surface area contributed by atoms with Gasteiger partial charge in [0.2, 0.25) is 0 Å². The molecule has 2 heterocycles. The Balaban J connectivity index is 1.79. The highest BCUT2D eigenvalue weighted by atomic mass is 16.5. The molecule has 14 heavy (non-hydrogen) atoms. The Kier molecular flexibility index (Phi) is 3.16. The van der Waals surface area contributed by atoms with Crippen LogP contribution in [0.5, 0.6) is 0 Å². The SMILES string of the molecule is NCc1cnn(CCC2CCCO2)c1. The lowest BCUT2D eigenvalue weighted by molar-refractivity contribution is 0.0994. The number of aryl methyl sites for hydroxylation is 1. The molecule has 1 unspecified atom stereocenters. The van der Waals surface area contributed by atoms with Gasteiger partial charge in [0, 0.05) is 31.5 Å². The van der Waals surface area contributed by atoms with Crippen molar-refractivity contribution in [1.82, 2.24) is 9.78 Å². The predicted octanol–water partition coefficient (Wildman–Crippen LogP) is 0.911. The lowest BCUT2D eigenvalue weighted by Crippen LogP contribution is -2.10. The molecule has 0 radical (unpaired) electrons. The van der Waals surface area contributed by atoms with Crippen molar-refractivity contribution in [3.05, 3.63) is 18.0 Å². The van der Waals surface area contributed by atoms with Crippen LogP contribution < -0.4 is 5.73 Å². The average Bonchev–Trinajstić information content (AvgIpc) is 2.86. The fourth-order valence-corrected chi connectivity index (χ4v) is 1.78. The van der Waals surface area contributed by atoms with E-state index in [0.29, 0.717) is 12.6 Å². The highest BCUT2D eigenvalue weighted by molar-refractivity contribution is 5.02. The second-order valence-electron chi connectivity index (χ2n) is 3.74. The fourth-order valence-electron chi connectivity index (χ4n) is 1.78. The summed E-state index contributed by atoms with van der Waals surface area (Å²) in [5.74, 6) is 0. The third-order valence-corrected chi connectivity index (χ3v) is 2.63. The summed E-state index contributed by atoms with van der Waals surface area (Å²) in [6, 6.07) is 0. The first-order chi connectivity index (χ1) is 6.88. The summed E-state index contributed by atoms with van der Waals surface area (Å²) in [5, 5.41) is 4.23. The maximum Gasteiger partial charge on any atom is 0.0593 e. The zero-order chi connectivity index (χ0) is 9.80. The molecule has 78 valence electrons. The minimum absolute atomic E-state index is 0.445. The van der Waals surface area contributed by atoms with E-state index < -0.39 is 0 Å². The Bertz CT molecular complexity index is 279. The second-order valence-corrected chi connectivity index (χ2v) is 3.74. The Hall–Kier alpha value is -0.870. The largest absolute Gasteiger partial charge is 0.378 e. The predicted molar refractivity (Wildman–Crippen MR) is 53.7 cm³/mol. The van der Waals surface area contributed by atoms with E-state index in [9.17, 15) is 0 Å². The van der Waals surface area contributed by atoms with Crippen molar-refractivity contribution in [1.29, 1.82) is 0 Å². The number of hydrogen-bond acceptors (Lipinski definition) is 3. The molecule has 2 rings (SSSR count). The van der Waals surface area contributed by atoms with Crippen LogP contribution in [0.1, 0.15) is 24.8 Å². The standard InChI is InChI=1S/C10H17N3O/c11-6-9-7-12-13(8-9)4-3-10-2-1-5-14-10/h7-8,10H,1-6,11H2. The summed E-state index contributed by atoms with van der Waals surface area (Å²) >= 11 is 0. The molecule has 0 amide bonds. The molecule has 1 atom stereocenters. The third kappa shape index (κ3) is 2.33. The van der Waals surface area contributed by atoms with Crippen molar-refractivity contribution in [2.24, 2.45) is 5.73 Å². The fraction of sp³-hybridized carbons (Fsp3) is 0.700. The summed E-state index contributed by atoms with van der Waals surface area (Å²) in [6.45, 7) is 2.43. The molecule has 1 aromatic rings. The second kappa shape index (κ2) is 4.57. The van der Waals surface area contributed by atoms with Gasteiger partial charge in [0.05, 0.1) is 12.3 Å². The molecule has 4 nitrogen and oxygen atoms in total. The monoisotopic (exact) mass is 195 g/mol. The Morgan fingerprint density at radius 1 is 1.64 bits per heavy atom. The van der Waals surface area contributed by atoms with E-state index in [1.165, 1.54) is 12.8 Å². The maximum absolute atomic E-state index is 5.54. The molecular formula is C10H17N3O. The van der Waals surface area contributed by atoms with Gasteiger partial charge >= 0.3 is 0 Å². The highest BCUT2D eigenvalue weighted by Crippen LogP contribution is 2.15. The first-order valence-electron chi connectivity index (χ1n) is 5.21. The van der Waals surface area contributed by atoms with Gasteiger partial charge in [0.15, 0.2) is 0 Å². The molecule has 0 saturated carbocycles. The number of nitrogens with two attached hydrogens (primary N) is 1. The van der Waals surface area contributed by atoms with Crippen molar-refractivity contribution in [3.63, 3.8) is 0 Å². The summed E-state index contributed by atoms with van der Waals surface area (Å²) < 4.78 is 7.49. The minimum atomic E-state index is 0.445. The van der Waals surface area contributed by atoms with Crippen molar-refractivity contribution in [2.45, 2.75) is 38.5 Å². The molecule has 1 saturated heterocycles. The molecule has 1 aliphatic heterocycles. The van der Waals surface area contributed by atoms with Crippen LogP contribution in [0, 0.1) is 0 Å². The van der Waals surface area contributed by atoms with Crippen LogP contribution >= 0.6 is 0 Å². The first-order valence-corrected chi connectivity index (χ1v) is 5.21. The topological polar surface area (TPSA) is 53.1 Å². The van der Waals surface area contributed by atoms with E-state index in [0.717, 1.165) is 25.1 Å². The number of ether oxygens (including phenoxy) is 1. The number of nitrogens with zero attached hydrogens (tertiary/aromatic N) is 2. The first kappa shape index (κ1) is 9.68. The summed E-state index contributed by atoms with van der Waals surface area (Å²) in [5.41, 5.74) is 6.60. The molecule has 4 heteroatoms. The molecule has 1 aliphatic rings. The number of aromatic nitrogens is 2. The van der Waals surface area contributed by atoms with Gasteiger partial charge in [-0.3, -0.25) is 4.68 Å². The molecular weight excluding hydrogens is 178 g/mol. The van der Waals surface area contributed by atoms with Crippen LogP contribution in [0.4, 0.5) is 0 Å². The summed E-state index contributed by atoms with van der Waals surface area (Å²) in [4.78, 5) is 0. The Labute approximate surface area is 84.0 Å². The highest BCUT2D eigenvalue weighted by Gasteiger charge is 2.14. The van der Waals surface area contributed by atoms with E-state index >= 15 is 0 Å². The number of rotatable bonds is 4. The molecule has 1 fully saturated rings. The zero-order valence-electron chi connectivity index (χ0n) is 8.35. The van der Waals surface area contributed by atoms with Gasteiger partial charge in [-0.05, 0) is 19.3 Å². The quantitative estimate of drug-likeness (QED) is 0.777. The molecule has 0 aromatic carbocycles. The molecule has 2 N–H and O–H groups in total. The van der Waals surface area contributed by atoms with E-state index in [1.54, 1.807) is 0 Å². The van der Waals surface area contributed by atoms with E-state index in [1.807, 2.05) is 17.1 Å². The molecule has 0 spiro atoms. The van der Waals surface area contributed by atoms with Gasteiger partial charge in [0.25, 0.3) is 0 Å². The van der Waals surface area contributed by atoms with Crippen molar-refractivity contribution < 1.29 is 4.74 Å². The summed E-state index contributed by atoms with van der Waals surface area (Å²) in [7, 11) is 0. The van der Waals surface area contributed by atoms with Crippen LogP contribution in [0.25, 0.3) is 0 Å². The average molecular weight is 195 g/mol. The maximum atomic E-state index is 5.54. The molecule has 0 bridgehead atoms. The van der Waals surface area contributed by atoms with Crippen molar-refractivity contribution in [2.75, 3.05) is 6.61 Å². The van der Waals surface area contributed by atoms with Gasteiger partial charge < -0.3 is 10.5 Å². The van der Waals surface area contributed by atoms with Crippen LogP contribution in [-0.2, 0) is 17.8 Å². The van der Waals surface area contributed by atoms with Gasteiger partial charge in [-0.2, -0.15) is 5.10 Å². The van der Waals surface area contributed by atoms with Gasteiger partial charge in [-0.25, -0.2) is 0 Å². The Morgan fingerprint density at radius 3 is 3.21 bits per heavy atom. The molecule has 0 aliphatic carbocycles. The van der Waals surface area contributed by atoms with Crippen molar-refractivity contribution in [3.8, 4) is 0 Å². The van der Waals surface area contributed by atoms with Gasteiger partial charge in [0.1, 0.15) is 0 Å². The summed E-state index contributed by atoms with van der Waals surface area (Å²) in [6.07, 6.45) is 7.75. The van der Waals surface area contributed by atoms with Crippen LogP contribution in [0.15, 0.2) is 12.4 Å². The normalized spacial score (nSPS) is 21.6. The lowest BCUT2D eigenvalue weighted by Gasteiger charge is -2.08. The van der Waals surface area contributed by atoms with E-state index in [2.05, 4.69) is 5.10 Å². The van der Waals surface area contributed by atoms with Crippen molar-refractivity contribution >= 4 is 0 Å². The third-order valence-electron chi connectivity index (χ3n) is 2.63. The smallest absolute Gasteiger partial charge is 0.0593 e. The zero-order valence-corrected chi connectivity index (χ0v) is 8.35. The number of hydrogen-bond donors (Lipinski definition) is 1. The van der Waals surface area contributed by atoms with Gasteiger partial charge in [-0.15, -0.1) is 0 Å². The van der Waals surface area contributed by atoms with Crippen LogP contribution in [0.2, 0.25) is 0 Å². The minimum Gasteiger partial charge on any atom is -0.378 e.